The Morgan fingerprint density at radius 1 is 1.24 bits per heavy atom. The van der Waals surface area contributed by atoms with Crippen molar-refractivity contribution < 1.29 is 9.59 Å². The molecular formula is C23H24N4O2. The molecule has 1 unspecified atom stereocenters. The lowest BCUT2D eigenvalue weighted by Gasteiger charge is -2.42. The third-order valence-corrected chi connectivity index (χ3v) is 6.32. The number of H-pyrrole nitrogens is 1. The molecule has 3 heterocycles. The number of aryl methyl sites for hydroxylation is 1. The molecule has 2 aliphatic heterocycles. The van der Waals surface area contributed by atoms with Gasteiger partial charge in [0.05, 0.1) is 0 Å². The van der Waals surface area contributed by atoms with E-state index in [0.29, 0.717) is 30.8 Å². The Morgan fingerprint density at radius 3 is 2.76 bits per heavy atom. The first-order valence-electron chi connectivity index (χ1n) is 9.93. The number of nitrogens with one attached hydrogen (secondary N) is 2. The zero-order valence-corrected chi connectivity index (χ0v) is 16.9. The molecule has 3 aliphatic rings. The summed E-state index contributed by atoms with van der Waals surface area (Å²) >= 11 is 0. The number of carbonyl (C=O) groups is 2. The highest BCUT2D eigenvalue weighted by Crippen LogP contribution is 2.58. The number of benzene rings is 1. The Kier molecular flexibility index (Phi) is 3.51. The van der Waals surface area contributed by atoms with Crippen molar-refractivity contribution in [3.63, 3.8) is 0 Å². The fraction of sp³-hybridized carbons (Fsp3) is 0.348. The van der Waals surface area contributed by atoms with Crippen LogP contribution in [0.3, 0.4) is 0 Å². The van der Waals surface area contributed by atoms with Crippen LogP contribution in [0, 0.1) is 12.3 Å². The molecule has 0 saturated carbocycles. The summed E-state index contributed by atoms with van der Waals surface area (Å²) in [6, 6.07) is 7.77. The molecule has 148 valence electrons. The number of carbonyl (C=O) groups excluding carboxylic acids is 2. The third-order valence-electron chi connectivity index (χ3n) is 6.32. The van der Waals surface area contributed by atoms with E-state index in [1.165, 1.54) is 0 Å². The highest BCUT2D eigenvalue weighted by atomic mass is 16.2. The van der Waals surface area contributed by atoms with Crippen molar-refractivity contribution in [3.05, 3.63) is 65.0 Å². The molecule has 1 spiro atoms. The van der Waals surface area contributed by atoms with Crippen molar-refractivity contribution in [1.82, 2.24) is 10.2 Å². The van der Waals surface area contributed by atoms with E-state index in [1.807, 2.05) is 31.2 Å². The summed E-state index contributed by atoms with van der Waals surface area (Å²) in [5.74, 6) is 0.556. The minimum Gasteiger partial charge on any atom is -0.342 e. The average Bonchev–Trinajstić information content (AvgIpc) is 3.13. The van der Waals surface area contributed by atoms with Crippen molar-refractivity contribution in [2.45, 2.75) is 39.0 Å². The van der Waals surface area contributed by atoms with Crippen LogP contribution in [0.1, 0.15) is 43.5 Å². The fourth-order valence-corrected chi connectivity index (χ4v) is 5.36. The Balaban J connectivity index is 1.90. The summed E-state index contributed by atoms with van der Waals surface area (Å²) in [7, 11) is 0. The van der Waals surface area contributed by atoms with E-state index in [9.17, 15) is 9.59 Å². The van der Waals surface area contributed by atoms with Gasteiger partial charge in [0.25, 0.3) is 0 Å². The largest absolute Gasteiger partial charge is 0.342 e. The van der Waals surface area contributed by atoms with Crippen molar-refractivity contribution in [3.8, 4) is 0 Å². The molecule has 1 aromatic carbocycles. The first-order valence-corrected chi connectivity index (χ1v) is 9.93. The average molecular weight is 388 g/mol. The van der Waals surface area contributed by atoms with Crippen molar-refractivity contribution >= 4 is 23.2 Å². The van der Waals surface area contributed by atoms with Gasteiger partial charge in [0, 0.05) is 46.7 Å². The fourth-order valence-electron chi connectivity index (χ4n) is 5.36. The molecule has 6 nitrogen and oxygen atoms in total. The molecular weight excluding hydrogens is 364 g/mol. The highest BCUT2D eigenvalue weighted by Gasteiger charge is 2.61. The Morgan fingerprint density at radius 2 is 2.00 bits per heavy atom. The summed E-state index contributed by atoms with van der Waals surface area (Å²) in [6.07, 6.45) is 2.83. The minimum atomic E-state index is -1.17. The normalized spacial score (nSPS) is 24.3. The number of para-hydroxylation sites is 1. The van der Waals surface area contributed by atoms with Crippen LogP contribution in [-0.4, -0.2) is 28.4 Å². The summed E-state index contributed by atoms with van der Waals surface area (Å²) in [4.78, 5) is 29.4. The smallest absolute Gasteiger partial charge is 0.247 e. The number of Topliss-reactive ketones (excluding diaryl/α,β-unsaturated/α-hetero) is 1. The number of hydrogen-bond acceptors (Lipinski definition) is 4. The predicted octanol–water partition coefficient (Wildman–Crippen LogP) is 3.61. The number of amides is 1. The second-order valence-corrected chi connectivity index (χ2v) is 8.96. The van der Waals surface area contributed by atoms with Crippen LogP contribution in [0.4, 0.5) is 11.5 Å². The molecule has 0 fully saturated rings. The zero-order chi connectivity index (χ0) is 20.6. The topological polar surface area (TPSA) is 78.1 Å². The Bertz CT molecular complexity index is 1120. The Hall–Kier alpha value is -3.15. The van der Waals surface area contributed by atoms with E-state index in [1.54, 1.807) is 11.0 Å². The van der Waals surface area contributed by atoms with Gasteiger partial charge in [-0.3, -0.25) is 14.7 Å². The molecule has 1 aromatic heterocycles. The number of rotatable bonds is 2. The maximum Gasteiger partial charge on any atom is 0.247 e. The number of allylic oxidation sites excluding steroid dienone is 1. The molecule has 1 amide bonds. The van der Waals surface area contributed by atoms with Gasteiger partial charge >= 0.3 is 0 Å². The van der Waals surface area contributed by atoms with Gasteiger partial charge in [0.15, 0.2) is 11.6 Å². The van der Waals surface area contributed by atoms with Gasteiger partial charge in [0.2, 0.25) is 5.91 Å². The van der Waals surface area contributed by atoms with Crippen LogP contribution in [0.25, 0.3) is 0 Å². The van der Waals surface area contributed by atoms with Gasteiger partial charge < -0.3 is 10.2 Å². The number of aromatic nitrogens is 2. The van der Waals surface area contributed by atoms with E-state index < -0.39 is 5.41 Å². The molecule has 2 aromatic rings. The second kappa shape index (κ2) is 5.69. The van der Waals surface area contributed by atoms with Crippen LogP contribution in [-0.2, 0) is 15.0 Å². The molecule has 2 N–H and O–H groups in total. The monoisotopic (exact) mass is 388 g/mol. The lowest BCUT2D eigenvalue weighted by atomic mass is 9.61. The standard InChI is InChI=1S/C23H24N4O2/c1-5-10-27-16-9-7-6-8-14(16)23(21(27)29)18-13(2)25-26-20(18)24-15-11-22(3,4)12-17(28)19(15)23/h5-9H,1,10-12H2,2-4H3,(H2,24,25,26). The van der Waals surface area contributed by atoms with Crippen LogP contribution in [0.2, 0.25) is 0 Å². The molecule has 6 heteroatoms. The van der Waals surface area contributed by atoms with Gasteiger partial charge in [-0.2, -0.15) is 5.10 Å². The SMILES string of the molecule is C=CCN1C(=O)C2(C3=C(CC(C)(C)CC3=O)Nc3n[nH]c(C)c32)c2ccccc21. The number of hydrogen-bond donors (Lipinski definition) is 2. The molecule has 1 aliphatic carbocycles. The van der Waals surface area contributed by atoms with Crippen molar-refractivity contribution in [2.24, 2.45) is 5.41 Å². The van der Waals surface area contributed by atoms with Crippen molar-refractivity contribution in [2.75, 3.05) is 16.8 Å². The molecule has 0 saturated heterocycles. The van der Waals surface area contributed by atoms with E-state index in [4.69, 9.17) is 0 Å². The summed E-state index contributed by atoms with van der Waals surface area (Å²) < 4.78 is 0. The van der Waals surface area contributed by atoms with Gasteiger partial charge in [-0.25, -0.2) is 0 Å². The van der Waals surface area contributed by atoms with Gasteiger partial charge in [0.1, 0.15) is 5.41 Å². The zero-order valence-electron chi connectivity index (χ0n) is 16.9. The van der Waals surface area contributed by atoms with Crippen LogP contribution in [0.5, 0.6) is 0 Å². The Labute approximate surface area is 169 Å². The van der Waals surface area contributed by atoms with Crippen LogP contribution < -0.4 is 10.2 Å². The molecule has 1 atom stereocenters. The molecule has 0 radical (unpaired) electrons. The highest BCUT2D eigenvalue weighted by molar-refractivity contribution is 6.21. The van der Waals surface area contributed by atoms with Gasteiger partial charge in [-0.15, -0.1) is 6.58 Å². The van der Waals surface area contributed by atoms with Crippen molar-refractivity contribution in [1.29, 1.82) is 0 Å². The number of fused-ring (bicyclic) bond motifs is 5. The quantitative estimate of drug-likeness (QED) is 0.771. The number of ketones is 1. The van der Waals surface area contributed by atoms with Gasteiger partial charge in [-0.1, -0.05) is 38.1 Å². The maximum absolute atomic E-state index is 14.1. The molecule has 0 bridgehead atoms. The summed E-state index contributed by atoms with van der Waals surface area (Å²) in [5, 5.41) is 10.9. The third kappa shape index (κ3) is 2.14. The van der Waals surface area contributed by atoms with Crippen LogP contribution in [0.15, 0.2) is 48.2 Å². The first-order chi connectivity index (χ1) is 13.8. The minimum absolute atomic E-state index is 0.0265. The van der Waals surface area contributed by atoms with Gasteiger partial charge in [-0.05, 0) is 24.8 Å². The molecule has 29 heavy (non-hydrogen) atoms. The van der Waals surface area contributed by atoms with E-state index >= 15 is 0 Å². The van der Waals surface area contributed by atoms with E-state index in [0.717, 1.165) is 28.2 Å². The molecule has 5 rings (SSSR count). The lowest BCUT2D eigenvalue weighted by Crippen LogP contribution is -2.50. The second-order valence-electron chi connectivity index (χ2n) is 8.96. The predicted molar refractivity (Wildman–Crippen MR) is 112 cm³/mol. The number of aromatic amines is 1. The summed E-state index contributed by atoms with van der Waals surface area (Å²) in [6.45, 7) is 10.3. The lowest BCUT2D eigenvalue weighted by molar-refractivity contribution is -0.124. The first kappa shape index (κ1) is 17.9. The maximum atomic E-state index is 14.1. The van der Waals surface area contributed by atoms with E-state index in [2.05, 4.69) is 35.9 Å². The van der Waals surface area contributed by atoms with Crippen LogP contribution >= 0.6 is 0 Å². The number of nitrogens with zero attached hydrogens (tertiary/aromatic N) is 2. The summed E-state index contributed by atoms with van der Waals surface area (Å²) in [5.41, 5.74) is 3.28. The number of anilines is 2. The van der Waals surface area contributed by atoms with E-state index in [-0.39, 0.29) is 17.1 Å².